The first-order valence-electron chi connectivity index (χ1n) is 10.6. The number of benzene rings is 2. The SMILES string of the molecule is O=C1C[C@@H](N2CCN(S(=O)(=O)c3ccc4c(c3)OCCO4)CC2)C(=O)N1c1cccc(Cl)c1. The van der Waals surface area contributed by atoms with Gasteiger partial charge in [0, 0.05) is 37.3 Å². The molecule has 2 amide bonds. The number of imide groups is 1. The van der Waals surface area contributed by atoms with Crippen LogP contribution in [0.3, 0.4) is 0 Å². The molecular weight excluding hydrogens is 470 g/mol. The average Bonchev–Trinajstić information content (AvgIpc) is 3.12. The van der Waals surface area contributed by atoms with Crippen LogP contribution in [0.5, 0.6) is 11.5 Å². The lowest BCUT2D eigenvalue weighted by atomic mass is 10.2. The molecule has 0 radical (unpaired) electrons. The second kappa shape index (κ2) is 8.60. The van der Waals surface area contributed by atoms with Crippen LogP contribution >= 0.6 is 11.6 Å². The van der Waals surface area contributed by atoms with E-state index in [-0.39, 0.29) is 36.2 Å². The highest BCUT2D eigenvalue weighted by Crippen LogP contribution is 2.34. The van der Waals surface area contributed by atoms with Gasteiger partial charge in [-0.2, -0.15) is 4.31 Å². The molecule has 3 aliphatic rings. The number of anilines is 1. The summed E-state index contributed by atoms with van der Waals surface area (Å²) in [6, 6.07) is 10.6. The number of halogens is 1. The molecule has 0 N–H and O–H groups in total. The van der Waals surface area contributed by atoms with Crippen molar-refractivity contribution in [1.29, 1.82) is 0 Å². The normalized spacial score (nSPS) is 22.1. The number of fused-ring (bicyclic) bond motifs is 1. The molecule has 1 atom stereocenters. The fourth-order valence-electron chi connectivity index (χ4n) is 4.38. The summed E-state index contributed by atoms with van der Waals surface area (Å²) in [4.78, 5) is 28.8. The molecule has 0 aliphatic carbocycles. The lowest BCUT2D eigenvalue weighted by Gasteiger charge is -2.36. The lowest BCUT2D eigenvalue weighted by molar-refractivity contribution is -0.123. The maximum atomic E-state index is 13.2. The maximum absolute atomic E-state index is 13.2. The van der Waals surface area contributed by atoms with Crippen LogP contribution in [0.15, 0.2) is 47.4 Å². The third-order valence-corrected chi connectivity index (χ3v) is 8.18. The van der Waals surface area contributed by atoms with Gasteiger partial charge >= 0.3 is 0 Å². The van der Waals surface area contributed by atoms with Crippen molar-refractivity contribution in [2.45, 2.75) is 17.4 Å². The minimum atomic E-state index is -3.73. The molecule has 9 nitrogen and oxygen atoms in total. The van der Waals surface area contributed by atoms with Crippen LogP contribution in [0.1, 0.15) is 6.42 Å². The Hall–Kier alpha value is -2.66. The van der Waals surface area contributed by atoms with Crippen LogP contribution in [0.25, 0.3) is 0 Å². The number of carbonyl (C=O) groups excluding carboxylic acids is 2. The summed E-state index contributed by atoms with van der Waals surface area (Å²) >= 11 is 6.02. The Kier molecular flexibility index (Phi) is 5.77. The molecule has 33 heavy (non-hydrogen) atoms. The lowest BCUT2D eigenvalue weighted by Crippen LogP contribution is -2.53. The van der Waals surface area contributed by atoms with Crippen molar-refractivity contribution in [3.05, 3.63) is 47.5 Å². The van der Waals surface area contributed by atoms with Gasteiger partial charge in [-0.25, -0.2) is 13.3 Å². The maximum Gasteiger partial charge on any atom is 0.251 e. The summed E-state index contributed by atoms with van der Waals surface area (Å²) in [5, 5.41) is 0.439. The Morgan fingerprint density at radius 1 is 0.909 bits per heavy atom. The highest BCUT2D eigenvalue weighted by Gasteiger charge is 2.44. The van der Waals surface area contributed by atoms with Gasteiger partial charge in [-0.05, 0) is 30.3 Å². The minimum absolute atomic E-state index is 0.0558. The first-order chi connectivity index (χ1) is 15.8. The minimum Gasteiger partial charge on any atom is -0.486 e. The molecule has 11 heteroatoms. The number of sulfonamides is 1. The summed E-state index contributed by atoms with van der Waals surface area (Å²) in [5.74, 6) is 0.333. The second-order valence-electron chi connectivity index (χ2n) is 8.01. The van der Waals surface area contributed by atoms with E-state index in [4.69, 9.17) is 21.1 Å². The van der Waals surface area contributed by atoms with Crippen molar-refractivity contribution in [3.8, 4) is 11.5 Å². The van der Waals surface area contributed by atoms with E-state index in [9.17, 15) is 18.0 Å². The highest BCUT2D eigenvalue weighted by atomic mass is 35.5. The Labute approximate surface area is 196 Å². The molecule has 3 aliphatic heterocycles. The van der Waals surface area contributed by atoms with E-state index < -0.39 is 16.1 Å². The molecule has 2 aromatic carbocycles. The number of rotatable bonds is 4. The molecule has 2 saturated heterocycles. The zero-order valence-corrected chi connectivity index (χ0v) is 19.2. The second-order valence-corrected chi connectivity index (χ2v) is 10.4. The molecule has 3 heterocycles. The van der Waals surface area contributed by atoms with Crippen LogP contribution < -0.4 is 14.4 Å². The van der Waals surface area contributed by atoms with Gasteiger partial charge in [-0.3, -0.25) is 14.5 Å². The van der Waals surface area contributed by atoms with Crippen LogP contribution in [0, 0.1) is 0 Å². The quantitative estimate of drug-likeness (QED) is 0.601. The number of piperazine rings is 1. The van der Waals surface area contributed by atoms with E-state index in [2.05, 4.69) is 0 Å². The van der Waals surface area contributed by atoms with Gasteiger partial charge in [0.15, 0.2) is 11.5 Å². The Morgan fingerprint density at radius 2 is 1.64 bits per heavy atom. The standard InChI is InChI=1S/C22H22ClN3O6S/c23-15-2-1-3-16(12-15)26-21(27)14-18(22(26)28)24-6-8-25(9-7-24)33(29,30)17-4-5-19-20(13-17)32-11-10-31-19/h1-5,12-13,18H,6-11,14H2/t18-/m1/s1. The molecule has 0 bridgehead atoms. The van der Waals surface area contributed by atoms with Gasteiger partial charge in [0.05, 0.1) is 23.0 Å². The molecule has 5 rings (SSSR count). The summed E-state index contributed by atoms with van der Waals surface area (Å²) in [6.45, 7) is 1.92. The molecule has 2 fully saturated rings. The zero-order valence-electron chi connectivity index (χ0n) is 17.6. The van der Waals surface area contributed by atoms with Crippen molar-refractivity contribution in [2.75, 3.05) is 44.3 Å². The number of hydrogen-bond acceptors (Lipinski definition) is 7. The molecule has 0 unspecified atom stereocenters. The number of amides is 2. The van der Waals surface area contributed by atoms with Gasteiger partial charge < -0.3 is 9.47 Å². The fourth-order valence-corrected chi connectivity index (χ4v) is 6.00. The van der Waals surface area contributed by atoms with Crippen molar-refractivity contribution in [2.24, 2.45) is 0 Å². The van der Waals surface area contributed by atoms with Gasteiger partial charge in [0.2, 0.25) is 15.9 Å². The van der Waals surface area contributed by atoms with Crippen LogP contribution in [-0.2, 0) is 19.6 Å². The third kappa shape index (κ3) is 4.08. The first-order valence-corrected chi connectivity index (χ1v) is 12.4. The number of nitrogens with zero attached hydrogens (tertiary/aromatic N) is 3. The van der Waals surface area contributed by atoms with E-state index in [1.807, 2.05) is 4.90 Å². The third-order valence-electron chi connectivity index (χ3n) is 6.05. The summed E-state index contributed by atoms with van der Waals surface area (Å²) in [6.07, 6.45) is 0.0558. The Bertz CT molecular complexity index is 1210. The number of carbonyl (C=O) groups is 2. The van der Waals surface area contributed by atoms with Crippen molar-refractivity contribution in [3.63, 3.8) is 0 Å². The highest BCUT2D eigenvalue weighted by molar-refractivity contribution is 7.89. The van der Waals surface area contributed by atoms with Crippen LogP contribution in [0.2, 0.25) is 5.02 Å². The Balaban J connectivity index is 1.27. The van der Waals surface area contributed by atoms with Gasteiger partial charge in [0.1, 0.15) is 13.2 Å². The van der Waals surface area contributed by atoms with Crippen molar-refractivity contribution in [1.82, 2.24) is 9.21 Å². The summed E-state index contributed by atoms with van der Waals surface area (Å²) in [5.41, 5.74) is 0.444. The smallest absolute Gasteiger partial charge is 0.251 e. The monoisotopic (exact) mass is 491 g/mol. The molecular formula is C22H22ClN3O6S. The summed E-state index contributed by atoms with van der Waals surface area (Å²) < 4.78 is 38.7. The Morgan fingerprint density at radius 3 is 2.36 bits per heavy atom. The van der Waals surface area contributed by atoms with E-state index in [1.165, 1.54) is 16.4 Å². The number of ether oxygens (including phenoxy) is 2. The number of hydrogen-bond donors (Lipinski definition) is 0. The van der Waals surface area contributed by atoms with E-state index in [0.717, 1.165) is 4.90 Å². The van der Waals surface area contributed by atoms with Crippen LogP contribution in [-0.4, -0.2) is 74.9 Å². The fraction of sp³-hybridized carbons (Fsp3) is 0.364. The van der Waals surface area contributed by atoms with E-state index in [0.29, 0.717) is 48.5 Å². The largest absolute Gasteiger partial charge is 0.486 e. The molecule has 0 spiro atoms. The van der Waals surface area contributed by atoms with Gasteiger partial charge in [-0.1, -0.05) is 17.7 Å². The summed E-state index contributed by atoms with van der Waals surface area (Å²) in [7, 11) is -3.73. The predicted octanol–water partition coefficient (Wildman–Crippen LogP) is 1.75. The van der Waals surface area contributed by atoms with Gasteiger partial charge in [-0.15, -0.1) is 0 Å². The molecule has 174 valence electrons. The topological polar surface area (TPSA) is 96.5 Å². The zero-order chi connectivity index (χ0) is 23.2. The van der Waals surface area contributed by atoms with E-state index in [1.54, 1.807) is 30.3 Å². The van der Waals surface area contributed by atoms with Gasteiger partial charge in [0.25, 0.3) is 5.91 Å². The first kappa shape index (κ1) is 22.1. The van der Waals surface area contributed by atoms with Crippen LogP contribution in [0.4, 0.5) is 5.69 Å². The molecule has 0 saturated carbocycles. The van der Waals surface area contributed by atoms with Crippen molar-refractivity contribution >= 4 is 39.1 Å². The average molecular weight is 492 g/mol. The van der Waals surface area contributed by atoms with E-state index >= 15 is 0 Å². The predicted molar refractivity (Wildman–Crippen MR) is 120 cm³/mol. The van der Waals surface area contributed by atoms with Crippen molar-refractivity contribution < 1.29 is 27.5 Å². The molecule has 2 aromatic rings. The molecule has 0 aromatic heterocycles.